The van der Waals surface area contributed by atoms with Crippen molar-refractivity contribution in [2.24, 2.45) is 0 Å². The summed E-state index contributed by atoms with van der Waals surface area (Å²) < 4.78 is 5.12. The lowest BCUT2D eigenvalue weighted by atomic mass is 10.1. The summed E-state index contributed by atoms with van der Waals surface area (Å²) in [6, 6.07) is 8.03. The van der Waals surface area contributed by atoms with Crippen LogP contribution in [0.2, 0.25) is 0 Å². The molecule has 2 rings (SSSR count). The van der Waals surface area contributed by atoms with Crippen molar-refractivity contribution in [3.05, 3.63) is 35.2 Å². The molecule has 0 atom stereocenters. The monoisotopic (exact) mass is 219 g/mol. The third-order valence-corrected chi connectivity index (χ3v) is 3.58. The van der Waals surface area contributed by atoms with Crippen LogP contribution in [0.1, 0.15) is 5.56 Å². The van der Waals surface area contributed by atoms with Gasteiger partial charge in [-0.3, -0.25) is 0 Å². The maximum atomic E-state index is 5.82. The number of hydrogen-bond acceptors (Lipinski definition) is 3. The second-order valence-electron chi connectivity index (χ2n) is 3.37. The van der Waals surface area contributed by atoms with Gasteiger partial charge in [0.1, 0.15) is 5.75 Å². The molecule has 0 radical (unpaired) electrons. The molecule has 0 aliphatic rings. The highest BCUT2D eigenvalue weighted by Gasteiger charge is 2.06. The van der Waals surface area contributed by atoms with Crippen LogP contribution in [0, 0.1) is 6.92 Å². The number of thiophene rings is 1. The van der Waals surface area contributed by atoms with E-state index in [0.717, 1.165) is 17.0 Å². The van der Waals surface area contributed by atoms with Crippen LogP contribution in [0.25, 0.3) is 10.4 Å². The number of anilines is 1. The summed E-state index contributed by atoms with van der Waals surface area (Å²) >= 11 is 1.68. The Kier molecular flexibility index (Phi) is 2.64. The summed E-state index contributed by atoms with van der Waals surface area (Å²) in [4.78, 5) is 1.23. The zero-order chi connectivity index (χ0) is 10.8. The Morgan fingerprint density at radius 3 is 2.33 bits per heavy atom. The largest absolute Gasteiger partial charge is 0.497 e. The Morgan fingerprint density at radius 2 is 1.87 bits per heavy atom. The molecule has 2 nitrogen and oxygen atoms in total. The molecule has 0 bridgehead atoms. The van der Waals surface area contributed by atoms with E-state index in [0.29, 0.717) is 0 Å². The normalized spacial score (nSPS) is 10.3. The minimum atomic E-state index is 0.866. The molecule has 15 heavy (non-hydrogen) atoms. The molecule has 1 aromatic carbocycles. The third kappa shape index (κ3) is 1.83. The summed E-state index contributed by atoms with van der Waals surface area (Å²) in [5.41, 5.74) is 9.03. The fourth-order valence-electron chi connectivity index (χ4n) is 1.46. The Hall–Kier alpha value is -1.48. The molecular formula is C12H13NOS. The van der Waals surface area contributed by atoms with Crippen molar-refractivity contribution in [1.29, 1.82) is 0 Å². The van der Waals surface area contributed by atoms with Gasteiger partial charge in [-0.25, -0.2) is 0 Å². The molecule has 0 saturated heterocycles. The summed E-state index contributed by atoms with van der Waals surface area (Å²) in [5.74, 6) is 0.876. The Balaban J connectivity index is 2.41. The summed E-state index contributed by atoms with van der Waals surface area (Å²) in [6.07, 6.45) is 0. The first-order valence-corrected chi connectivity index (χ1v) is 5.58. The lowest BCUT2D eigenvalue weighted by molar-refractivity contribution is 0.415. The number of benzene rings is 1. The number of ether oxygens (including phenoxy) is 1. The first-order valence-electron chi connectivity index (χ1n) is 4.70. The first kappa shape index (κ1) is 10.1. The van der Waals surface area contributed by atoms with Gasteiger partial charge in [-0.1, -0.05) is 0 Å². The van der Waals surface area contributed by atoms with E-state index >= 15 is 0 Å². The van der Waals surface area contributed by atoms with Crippen molar-refractivity contribution in [3.63, 3.8) is 0 Å². The summed E-state index contributed by atoms with van der Waals surface area (Å²) in [7, 11) is 1.67. The lowest BCUT2D eigenvalue weighted by Gasteiger charge is -2.02. The minimum absolute atomic E-state index is 0.866. The quantitative estimate of drug-likeness (QED) is 0.841. The molecule has 78 valence electrons. The van der Waals surface area contributed by atoms with Crippen molar-refractivity contribution in [1.82, 2.24) is 0 Å². The van der Waals surface area contributed by atoms with Crippen LogP contribution in [-0.2, 0) is 0 Å². The van der Waals surface area contributed by atoms with Crippen molar-refractivity contribution in [3.8, 4) is 16.2 Å². The van der Waals surface area contributed by atoms with Crippen molar-refractivity contribution in [2.75, 3.05) is 12.8 Å². The standard InChI is InChI=1S/C12H13NOS/c1-8-11(13)7-15-12(8)9-3-5-10(14-2)6-4-9/h3-7H,13H2,1-2H3. The number of hydrogen-bond donors (Lipinski definition) is 1. The van der Waals surface area contributed by atoms with E-state index in [2.05, 4.69) is 12.1 Å². The second kappa shape index (κ2) is 3.95. The number of rotatable bonds is 2. The van der Waals surface area contributed by atoms with Crippen LogP contribution in [0.3, 0.4) is 0 Å². The Morgan fingerprint density at radius 1 is 1.20 bits per heavy atom. The first-order chi connectivity index (χ1) is 7.22. The molecule has 3 heteroatoms. The predicted molar refractivity (Wildman–Crippen MR) is 65.5 cm³/mol. The topological polar surface area (TPSA) is 35.2 Å². The van der Waals surface area contributed by atoms with Gasteiger partial charge in [0.25, 0.3) is 0 Å². The van der Waals surface area contributed by atoms with Gasteiger partial charge in [0, 0.05) is 15.9 Å². The van der Waals surface area contributed by atoms with Crippen LogP contribution in [0.15, 0.2) is 29.6 Å². The number of nitrogens with two attached hydrogens (primary N) is 1. The van der Waals surface area contributed by atoms with Gasteiger partial charge in [-0.15, -0.1) is 11.3 Å². The smallest absolute Gasteiger partial charge is 0.118 e. The van der Waals surface area contributed by atoms with Crippen LogP contribution >= 0.6 is 11.3 Å². The maximum Gasteiger partial charge on any atom is 0.118 e. The fraction of sp³-hybridized carbons (Fsp3) is 0.167. The van der Waals surface area contributed by atoms with E-state index in [9.17, 15) is 0 Å². The molecule has 0 spiro atoms. The minimum Gasteiger partial charge on any atom is -0.497 e. The zero-order valence-electron chi connectivity index (χ0n) is 8.78. The number of nitrogen functional groups attached to an aromatic ring is 1. The average Bonchev–Trinajstić information content (AvgIpc) is 2.60. The van der Waals surface area contributed by atoms with Gasteiger partial charge in [0.05, 0.1) is 7.11 Å². The summed E-state index contributed by atoms with van der Waals surface area (Å²) in [6.45, 7) is 2.05. The van der Waals surface area contributed by atoms with Crippen molar-refractivity contribution < 1.29 is 4.74 Å². The van der Waals surface area contributed by atoms with Crippen LogP contribution in [-0.4, -0.2) is 7.11 Å². The molecule has 0 fully saturated rings. The van der Waals surface area contributed by atoms with Crippen LogP contribution in [0.4, 0.5) is 5.69 Å². The second-order valence-corrected chi connectivity index (χ2v) is 4.25. The van der Waals surface area contributed by atoms with Gasteiger partial charge in [-0.2, -0.15) is 0 Å². The SMILES string of the molecule is COc1ccc(-c2scc(N)c2C)cc1. The molecule has 0 unspecified atom stereocenters. The molecule has 0 aliphatic heterocycles. The third-order valence-electron chi connectivity index (χ3n) is 2.43. The maximum absolute atomic E-state index is 5.82. The fourth-order valence-corrected chi connectivity index (χ4v) is 2.45. The van der Waals surface area contributed by atoms with Gasteiger partial charge in [-0.05, 0) is 42.3 Å². The molecule has 0 aliphatic carbocycles. The molecule has 2 aromatic rings. The van der Waals surface area contributed by atoms with Gasteiger partial charge in [0.15, 0.2) is 0 Å². The van der Waals surface area contributed by atoms with Crippen LogP contribution in [0.5, 0.6) is 5.75 Å². The Labute approximate surface area is 93.3 Å². The lowest BCUT2D eigenvalue weighted by Crippen LogP contribution is -1.85. The molecule has 2 N–H and O–H groups in total. The van der Waals surface area contributed by atoms with Gasteiger partial charge >= 0.3 is 0 Å². The van der Waals surface area contributed by atoms with Crippen molar-refractivity contribution in [2.45, 2.75) is 6.92 Å². The highest BCUT2D eigenvalue weighted by atomic mass is 32.1. The molecule has 1 aromatic heterocycles. The number of methoxy groups -OCH3 is 1. The predicted octanol–water partition coefficient (Wildman–Crippen LogP) is 3.31. The van der Waals surface area contributed by atoms with E-state index in [1.807, 2.05) is 24.4 Å². The van der Waals surface area contributed by atoms with E-state index in [1.165, 1.54) is 10.4 Å². The highest BCUT2D eigenvalue weighted by Crippen LogP contribution is 2.34. The van der Waals surface area contributed by atoms with Gasteiger partial charge < -0.3 is 10.5 Å². The van der Waals surface area contributed by atoms with E-state index in [1.54, 1.807) is 18.4 Å². The molecular weight excluding hydrogens is 206 g/mol. The summed E-state index contributed by atoms with van der Waals surface area (Å²) in [5, 5.41) is 1.98. The highest BCUT2D eigenvalue weighted by molar-refractivity contribution is 7.14. The molecule has 1 heterocycles. The average molecular weight is 219 g/mol. The van der Waals surface area contributed by atoms with Gasteiger partial charge in [0.2, 0.25) is 0 Å². The van der Waals surface area contributed by atoms with Crippen molar-refractivity contribution >= 4 is 17.0 Å². The Bertz CT molecular complexity index is 459. The molecule has 0 amide bonds. The zero-order valence-corrected chi connectivity index (χ0v) is 9.60. The van der Waals surface area contributed by atoms with E-state index in [-0.39, 0.29) is 0 Å². The van der Waals surface area contributed by atoms with E-state index in [4.69, 9.17) is 10.5 Å². The van der Waals surface area contributed by atoms with Crippen LogP contribution < -0.4 is 10.5 Å². The van der Waals surface area contributed by atoms with E-state index < -0.39 is 0 Å². The molecule has 0 saturated carbocycles.